The molecular weight excluding hydrogens is 260 g/mol. The van der Waals surface area contributed by atoms with Gasteiger partial charge in [0.15, 0.2) is 7.05 Å². The summed E-state index contributed by atoms with van der Waals surface area (Å²) in [5, 5.41) is 20.3. The van der Waals surface area contributed by atoms with Gasteiger partial charge < -0.3 is 10.4 Å². The molecule has 0 aliphatic heterocycles. The third kappa shape index (κ3) is 21.8. The Morgan fingerprint density at radius 3 is 1.90 bits per heavy atom. The summed E-state index contributed by atoms with van der Waals surface area (Å²) in [7, 11) is 2.82. The Labute approximate surface area is 122 Å². The zero-order chi connectivity index (χ0) is 16.7. The molecule has 0 aromatic heterocycles. The van der Waals surface area contributed by atoms with Gasteiger partial charge in [-0.1, -0.05) is 39.8 Å². The monoisotopic (exact) mass is 290 g/mol. The normalized spacial score (nSPS) is 10.6. The van der Waals surface area contributed by atoms with Crippen LogP contribution in [0.2, 0.25) is 0 Å². The van der Waals surface area contributed by atoms with Crippen molar-refractivity contribution in [1.82, 2.24) is 5.32 Å². The molecule has 1 atom stereocenters. The zero-order valence-electron chi connectivity index (χ0n) is 13.6. The number of nitro groups is 1. The Morgan fingerprint density at radius 1 is 1.40 bits per heavy atom. The second-order valence-electron chi connectivity index (χ2n) is 4.58. The number of carboxylic acid groups (broad SMARTS) is 1. The quantitative estimate of drug-likeness (QED) is 0.446. The summed E-state index contributed by atoms with van der Waals surface area (Å²) >= 11 is 0. The van der Waals surface area contributed by atoms with Crippen LogP contribution in [-0.2, 0) is 4.79 Å². The number of nitrogens with one attached hydrogen (secondary N) is 1. The van der Waals surface area contributed by atoms with Crippen molar-refractivity contribution in [2.24, 2.45) is 11.8 Å². The molecular formula is C14H30N2O4. The largest absolute Gasteiger partial charge is 0.481 e. The van der Waals surface area contributed by atoms with Gasteiger partial charge in [-0.3, -0.25) is 14.9 Å². The topological polar surface area (TPSA) is 92.5 Å². The van der Waals surface area contributed by atoms with Gasteiger partial charge in [0.05, 0.1) is 6.42 Å². The standard InChI is InChI=1S/C10H18O2.C3H9N.CH3NO2/c1-5-9(6-10(11)12)8(4)7(2)3;1-3-4-2;1-2(3)4/h7,9H,4-6H2,1-3H3,(H,11,12);4H,3H2,1-2H3;1H3. The highest BCUT2D eigenvalue weighted by Crippen LogP contribution is 2.23. The molecule has 2 N–H and O–H groups in total. The van der Waals surface area contributed by atoms with Gasteiger partial charge in [-0.2, -0.15) is 0 Å². The Kier molecular flexibility index (Phi) is 18.5. The van der Waals surface area contributed by atoms with Crippen molar-refractivity contribution < 1.29 is 14.8 Å². The van der Waals surface area contributed by atoms with E-state index in [0.717, 1.165) is 25.6 Å². The van der Waals surface area contributed by atoms with Crippen LogP contribution in [0, 0.1) is 22.0 Å². The lowest BCUT2D eigenvalue weighted by Gasteiger charge is -2.18. The van der Waals surface area contributed by atoms with Crippen LogP contribution >= 0.6 is 0 Å². The van der Waals surface area contributed by atoms with Crippen LogP contribution in [0.1, 0.15) is 40.5 Å². The maximum absolute atomic E-state index is 10.5. The number of carbonyl (C=O) groups is 1. The lowest BCUT2D eigenvalue weighted by Crippen LogP contribution is -2.12. The van der Waals surface area contributed by atoms with E-state index in [1.54, 1.807) is 0 Å². The molecule has 120 valence electrons. The van der Waals surface area contributed by atoms with Crippen LogP contribution in [0.4, 0.5) is 0 Å². The maximum Gasteiger partial charge on any atom is 0.303 e. The van der Waals surface area contributed by atoms with Crippen molar-refractivity contribution in [2.75, 3.05) is 20.6 Å². The maximum atomic E-state index is 10.5. The van der Waals surface area contributed by atoms with E-state index in [-0.39, 0.29) is 12.3 Å². The van der Waals surface area contributed by atoms with Gasteiger partial charge in [0.25, 0.3) is 0 Å². The SMILES string of the molecule is C=C(C(C)C)C(CC)CC(=O)O.CCNC.C[N+](=O)[O-]. The summed E-state index contributed by atoms with van der Waals surface area (Å²) in [6.45, 7) is 13.2. The average Bonchev–Trinajstić information content (AvgIpc) is 2.34. The predicted octanol–water partition coefficient (Wildman–Crippen LogP) is 2.82. The van der Waals surface area contributed by atoms with Gasteiger partial charge >= 0.3 is 5.97 Å². The number of allylic oxidation sites excluding steroid dienone is 1. The van der Waals surface area contributed by atoms with Crippen molar-refractivity contribution in [1.29, 1.82) is 0 Å². The number of rotatable bonds is 6. The van der Waals surface area contributed by atoms with Crippen molar-refractivity contribution in [3.8, 4) is 0 Å². The van der Waals surface area contributed by atoms with Crippen molar-refractivity contribution in [3.05, 3.63) is 22.3 Å². The second kappa shape index (κ2) is 15.6. The molecule has 20 heavy (non-hydrogen) atoms. The average molecular weight is 290 g/mol. The molecule has 0 aromatic rings. The fourth-order valence-corrected chi connectivity index (χ4v) is 1.22. The molecule has 0 radical (unpaired) electrons. The summed E-state index contributed by atoms with van der Waals surface area (Å²) in [5.74, 6) is -0.208. The minimum absolute atomic E-state index is 0.141. The molecule has 0 spiro atoms. The molecule has 0 fully saturated rings. The molecule has 0 saturated heterocycles. The molecule has 0 bridgehead atoms. The molecule has 0 amide bonds. The first kappa shape index (κ1) is 23.6. The van der Waals surface area contributed by atoms with Crippen LogP contribution in [-0.4, -0.2) is 36.6 Å². The highest BCUT2D eigenvalue weighted by molar-refractivity contribution is 5.67. The molecule has 0 aromatic carbocycles. The number of hydrogen-bond acceptors (Lipinski definition) is 4. The van der Waals surface area contributed by atoms with Crippen LogP contribution in [0.5, 0.6) is 0 Å². The van der Waals surface area contributed by atoms with Gasteiger partial charge in [0.1, 0.15) is 0 Å². The first-order chi connectivity index (χ1) is 9.13. The Balaban J connectivity index is -0.000000297. The Morgan fingerprint density at radius 2 is 1.75 bits per heavy atom. The summed E-state index contributed by atoms with van der Waals surface area (Å²) in [5.41, 5.74) is 1.06. The fraction of sp³-hybridized carbons (Fsp3) is 0.786. The van der Waals surface area contributed by atoms with E-state index in [0.29, 0.717) is 5.92 Å². The van der Waals surface area contributed by atoms with Crippen molar-refractivity contribution in [3.63, 3.8) is 0 Å². The summed E-state index contributed by atoms with van der Waals surface area (Å²) in [4.78, 5) is 18.8. The number of nitrogens with zero attached hydrogens (tertiary/aromatic N) is 1. The third-order valence-electron chi connectivity index (χ3n) is 2.53. The first-order valence-electron chi connectivity index (χ1n) is 6.76. The smallest absolute Gasteiger partial charge is 0.303 e. The highest BCUT2D eigenvalue weighted by Gasteiger charge is 2.16. The van der Waals surface area contributed by atoms with Crippen LogP contribution < -0.4 is 5.32 Å². The molecule has 0 aliphatic carbocycles. The van der Waals surface area contributed by atoms with E-state index in [1.165, 1.54) is 0 Å². The minimum atomic E-state index is -0.733. The van der Waals surface area contributed by atoms with Crippen molar-refractivity contribution in [2.45, 2.75) is 40.5 Å². The van der Waals surface area contributed by atoms with E-state index in [9.17, 15) is 4.79 Å². The number of aliphatic carboxylic acids is 1. The fourth-order valence-electron chi connectivity index (χ4n) is 1.22. The minimum Gasteiger partial charge on any atom is -0.481 e. The van der Waals surface area contributed by atoms with Gasteiger partial charge in [0, 0.05) is 4.92 Å². The van der Waals surface area contributed by atoms with E-state index < -0.39 is 10.9 Å². The van der Waals surface area contributed by atoms with Gasteiger partial charge in [-0.05, 0) is 31.8 Å². The Hall–Kier alpha value is -1.43. The summed E-state index contributed by atoms with van der Waals surface area (Å²) in [6, 6.07) is 0. The van der Waals surface area contributed by atoms with Gasteiger partial charge in [-0.25, -0.2) is 0 Å². The first-order valence-corrected chi connectivity index (χ1v) is 6.76. The molecule has 0 aliphatic rings. The van der Waals surface area contributed by atoms with Gasteiger partial charge in [0.2, 0.25) is 0 Å². The predicted molar refractivity (Wildman–Crippen MR) is 82.5 cm³/mol. The van der Waals surface area contributed by atoms with E-state index in [2.05, 4.69) is 18.8 Å². The lowest BCUT2D eigenvalue weighted by molar-refractivity contribution is -0.445. The van der Waals surface area contributed by atoms with Crippen molar-refractivity contribution >= 4 is 5.97 Å². The van der Waals surface area contributed by atoms with Crippen LogP contribution in [0.15, 0.2) is 12.2 Å². The molecule has 0 saturated carbocycles. The van der Waals surface area contributed by atoms with E-state index >= 15 is 0 Å². The molecule has 1 unspecified atom stereocenters. The van der Waals surface area contributed by atoms with E-state index in [1.807, 2.05) is 27.8 Å². The summed E-state index contributed by atoms with van der Waals surface area (Å²) < 4.78 is 0. The molecule has 6 nitrogen and oxygen atoms in total. The number of carboxylic acids is 1. The Bertz CT molecular complexity index is 272. The molecule has 0 heterocycles. The third-order valence-corrected chi connectivity index (χ3v) is 2.53. The number of hydrogen-bond donors (Lipinski definition) is 2. The lowest BCUT2D eigenvalue weighted by atomic mass is 9.87. The highest BCUT2D eigenvalue weighted by atomic mass is 16.6. The zero-order valence-corrected chi connectivity index (χ0v) is 13.6. The van der Waals surface area contributed by atoms with E-state index in [4.69, 9.17) is 15.2 Å². The molecule has 0 rings (SSSR count). The van der Waals surface area contributed by atoms with Crippen LogP contribution in [0.3, 0.4) is 0 Å². The van der Waals surface area contributed by atoms with Gasteiger partial charge in [-0.15, -0.1) is 0 Å². The van der Waals surface area contributed by atoms with Crippen LogP contribution in [0.25, 0.3) is 0 Å². The summed E-state index contributed by atoms with van der Waals surface area (Å²) in [6.07, 6.45) is 1.08. The second-order valence-corrected chi connectivity index (χ2v) is 4.58. The molecule has 6 heteroatoms.